The number of hydrogen-bond donors (Lipinski definition) is 1. The number of ether oxygens (including phenoxy) is 1. The Morgan fingerprint density at radius 3 is 2.83 bits per heavy atom. The number of aryl methyl sites for hydroxylation is 1. The van der Waals surface area contributed by atoms with Crippen LogP contribution < -0.4 is 5.32 Å². The molecule has 0 bridgehead atoms. The summed E-state index contributed by atoms with van der Waals surface area (Å²) in [4.78, 5) is 19.4. The standard InChI is InChI=1S/C17H24N4O3/c1-11(2)14-10-13(15-12(3)20-24-17(15)19-14)16(22)18-4-5-21-6-8-23-9-7-21/h10-11H,4-9H2,1-3H3,(H,18,22). The fourth-order valence-corrected chi connectivity index (χ4v) is 2.84. The van der Waals surface area contributed by atoms with Gasteiger partial charge in [0.15, 0.2) is 0 Å². The molecule has 7 nitrogen and oxygen atoms in total. The van der Waals surface area contributed by atoms with Crippen molar-refractivity contribution >= 4 is 17.0 Å². The molecule has 1 aliphatic heterocycles. The molecule has 1 fully saturated rings. The van der Waals surface area contributed by atoms with Gasteiger partial charge >= 0.3 is 0 Å². The van der Waals surface area contributed by atoms with Crippen LogP contribution in [0.2, 0.25) is 0 Å². The van der Waals surface area contributed by atoms with E-state index in [0.717, 1.165) is 38.5 Å². The number of rotatable bonds is 5. The van der Waals surface area contributed by atoms with Crippen LogP contribution in [0, 0.1) is 6.92 Å². The molecule has 0 aromatic carbocycles. The fraction of sp³-hybridized carbons (Fsp3) is 0.588. The first-order valence-corrected chi connectivity index (χ1v) is 8.41. The smallest absolute Gasteiger partial charge is 0.259 e. The highest BCUT2D eigenvalue weighted by Gasteiger charge is 2.20. The van der Waals surface area contributed by atoms with E-state index >= 15 is 0 Å². The number of hydrogen-bond acceptors (Lipinski definition) is 6. The summed E-state index contributed by atoms with van der Waals surface area (Å²) in [5, 5.41) is 7.65. The van der Waals surface area contributed by atoms with E-state index in [1.165, 1.54) is 0 Å². The van der Waals surface area contributed by atoms with E-state index in [0.29, 0.717) is 28.9 Å². The molecule has 0 aliphatic carbocycles. The average Bonchev–Trinajstić information content (AvgIpc) is 2.96. The van der Waals surface area contributed by atoms with E-state index in [-0.39, 0.29) is 11.8 Å². The van der Waals surface area contributed by atoms with E-state index in [4.69, 9.17) is 9.26 Å². The van der Waals surface area contributed by atoms with Crippen molar-refractivity contribution in [2.75, 3.05) is 39.4 Å². The largest absolute Gasteiger partial charge is 0.379 e. The van der Waals surface area contributed by atoms with E-state index in [1.54, 1.807) is 0 Å². The Kier molecular flexibility index (Phi) is 5.11. The summed E-state index contributed by atoms with van der Waals surface area (Å²) in [5.41, 5.74) is 2.53. The minimum absolute atomic E-state index is 0.108. The maximum Gasteiger partial charge on any atom is 0.259 e. The highest BCUT2D eigenvalue weighted by molar-refractivity contribution is 6.06. The Morgan fingerprint density at radius 2 is 2.12 bits per heavy atom. The summed E-state index contributed by atoms with van der Waals surface area (Å²) in [6, 6.07) is 1.85. The van der Waals surface area contributed by atoms with Crippen LogP contribution in [0.4, 0.5) is 0 Å². The number of nitrogens with zero attached hydrogens (tertiary/aromatic N) is 3. The molecule has 24 heavy (non-hydrogen) atoms. The van der Waals surface area contributed by atoms with E-state index in [2.05, 4.69) is 20.4 Å². The number of carbonyl (C=O) groups excluding carboxylic acids is 1. The molecule has 1 aliphatic rings. The lowest BCUT2D eigenvalue weighted by Crippen LogP contribution is -2.41. The average molecular weight is 332 g/mol. The zero-order chi connectivity index (χ0) is 17.1. The maximum atomic E-state index is 12.7. The summed E-state index contributed by atoms with van der Waals surface area (Å²) in [5.74, 6) is 0.101. The number of morpholine rings is 1. The van der Waals surface area contributed by atoms with Gasteiger partial charge in [-0.2, -0.15) is 0 Å². The van der Waals surface area contributed by atoms with Crippen LogP contribution in [0.5, 0.6) is 0 Å². The number of nitrogens with one attached hydrogen (secondary N) is 1. The minimum Gasteiger partial charge on any atom is -0.379 e. The highest BCUT2D eigenvalue weighted by atomic mass is 16.5. The van der Waals surface area contributed by atoms with Crippen molar-refractivity contribution in [3.05, 3.63) is 23.0 Å². The highest BCUT2D eigenvalue weighted by Crippen LogP contribution is 2.24. The SMILES string of the molecule is Cc1noc2nc(C(C)C)cc(C(=O)NCCN3CCOCC3)c12. The van der Waals surface area contributed by atoms with Gasteiger partial charge in [-0.3, -0.25) is 9.69 Å². The summed E-state index contributed by atoms with van der Waals surface area (Å²) in [7, 11) is 0. The van der Waals surface area contributed by atoms with E-state index in [1.807, 2.05) is 26.8 Å². The van der Waals surface area contributed by atoms with Crippen LogP contribution in [0.25, 0.3) is 11.1 Å². The first kappa shape index (κ1) is 16.9. The van der Waals surface area contributed by atoms with Gasteiger partial charge in [0.25, 0.3) is 11.6 Å². The zero-order valence-electron chi connectivity index (χ0n) is 14.5. The van der Waals surface area contributed by atoms with Crippen molar-refractivity contribution in [3.63, 3.8) is 0 Å². The summed E-state index contributed by atoms with van der Waals surface area (Å²) >= 11 is 0. The molecule has 1 amide bonds. The van der Waals surface area contributed by atoms with Gasteiger partial charge in [0.05, 0.1) is 29.9 Å². The summed E-state index contributed by atoms with van der Waals surface area (Å²) < 4.78 is 10.6. The lowest BCUT2D eigenvalue weighted by Gasteiger charge is -2.26. The van der Waals surface area contributed by atoms with Crippen molar-refractivity contribution in [2.24, 2.45) is 0 Å². The van der Waals surface area contributed by atoms with Gasteiger partial charge in [-0.15, -0.1) is 0 Å². The molecule has 0 unspecified atom stereocenters. The molecule has 0 atom stereocenters. The van der Waals surface area contributed by atoms with Crippen LogP contribution in [0.1, 0.15) is 41.5 Å². The van der Waals surface area contributed by atoms with Crippen molar-refractivity contribution in [2.45, 2.75) is 26.7 Å². The first-order chi connectivity index (χ1) is 11.6. The van der Waals surface area contributed by atoms with Crippen molar-refractivity contribution in [1.29, 1.82) is 0 Å². The molecule has 1 N–H and O–H groups in total. The first-order valence-electron chi connectivity index (χ1n) is 8.41. The molecule has 2 aromatic rings. The lowest BCUT2D eigenvalue weighted by atomic mass is 10.0. The summed E-state index contributed by atoms with van der Waals surface area (Å²) in [6.45, 7) is 10.7. The van der Waals surface area contributed by atoms with Crippen LogP contribution >= 0.6 is 0 Å². The van der Waals surface area contributed by atoms with Gasteiger partial charge in [0.1, 0.15) is 0 Å². The molecule has 0 saturated carbocycles. The topological polar surface area (TPSA) is 80.5 Å². The van der Waals surface area contributed by atoms with Gasteiger partial charge in [0.2, 0.25) is 0 Å². The van der Waals surface area contributed by atoms with Crippen LogP contribution in [-0.2, 0) is 4.74 Å². The molecule has 0 spiro atoms. The van der Waals surface area contributed by atoms with Crippen molar-refractivity contribution in [3.8, 4) is 0 Å². The second kappa shape index (κ2) is 7.27. The Bertz CT molecular complexity index is 720. The van der Waals surface area contributed by atoms with Gasteiger partial charge in [0, 0.05) is 31.9 Å². The molecule has 3 rings (SSSR count). The van der Waals surface area contributed by atoms with Gasteiger partial charge in [-0.05, 0) is 18.9 Å². The third-order valence-electron chi connectivity index (χ3n) is 4.29. The Morgan fingerprint density at radius 1 is 1.38 bits per heavy atom. The number of amides is 1. The van der Waals surface area contributed by atoms with Gasteiger partial charge in [-0.1, -0.05) is 19.0 Å². The van der Waals surface area contributed by atoms with E-state index in [9.17, 15) is 4.79 Å². The van der Waals surface area contributed by atoms with Gasteiger partial charge < -0.3 is 14.6 Å². The number of aromatic nitrogens is 2. The van der Waals surface area contributed by atoms with Crippen molar-refractivity contribution < 1.29 is 14.1 Å². The normalized spacial score (nSPS) is 16.0. The molecular formula is C17H24N4O3. The Labute approximate surface area is 141 Å². The van der Waals surface area contributed by atoms with Crippen LogP contribution in [0.15, 0.2) is 10.6 Å². The van der Waals surface area contributed by atoms with Crippen LogP contribution in [-0.4, -0.2) is 60.3 Å². The second-order valence-electron chi connectivity index (χ2n) is 6.41. The Hall–Kier alpha value is -1.99. The number of fused-ring (bicyclic) bond motifs is 1. The monoisotopic (exact) mass is 332 g/mol. The molecule has 2 aromatic heterocycles. The maximum absolute atomic E-state index is 12.7. The molecule has 130 valence electrons. The predicted octanol–water partition coefficient (Wildman–Crippen LogP) is 1.72. The van der Waals surface area contributed by atoms with Crippen LogP contribution in [0.3, 0.4) is 0 Å². The van der Waals surface area contributed by atoms with Gasteiger partial charge in [-0.25, -0.2) is 4.98 Å². The Balaban J connectivity index is 1.74. The molecular weight excluding hydrogens is 308 g/mol. The number of carbonyl (C=O) groups is 1. The minimum atomic E-state index is -0.108. The molecule has 1 saturated heterocycles. The van der Waals surface area contributed by atoms with Crippen molar-refractivity contribution in [1.82, 2.24) is 20.4 Å². The molecule has 7 heteroatoms. The predicted molar refractivity (Wildman–Crippen MR) is 90.2 cm³/mol. The quantitative estimate of drug-likeness (QED) is 0.898. The zero-order valence-corrected chi connectivity index (χ0v) is 14.5. The second-order valence-corrected chi connectivity index (χ2v) is 6.41. The third kappa shape index (κ3) is 3.57. The molecule has 3 heterocycles. The van der Waals surface area contributed by atoms with E-state index < -0.39 is 0 Å². The third-order valence-corrected chi connectivity index (χ3v) is 4.29. The molecule has 0 radical (unpaired) electrons. The fourth-order valence-electron chi connectivity index (χ4n) is 2.84. The summed E-state index contributed by atoms with van der Waals surface area (Å²) in [6.07, 6.45) is 0. The number of pyridine rings is 1. The lowest BCUT2D eigenvalue weighted by molar-refractivity contribution is 0.0383.